The molecule has 0 fully saturated rings. The topological polar surface area (TPSA) is 61.8 Å². The molecule has 0 saturated carbocycles. The van der Waals surface area contributed by atoms with Crippen LogP contribution in [0.25, 0.3) is 0 Å². The molecule has 0 aliphatic carbocycles. The van der Waals surface area contributed by atoms with E-state index in [4.69, 9.17) is 4.74 Å². The molecule has 0 bridgehead atoms. The molecule has 1 atom stereocenters. The number of hydrogen-bond acceptors (Lipinski definition) is 4. The maximum absolute atomic E-state index is 12.4. The molecule has 0 spiro atoms. The van der Waals surface area contributed by atoms with Gasteiger partial charge in [-0.25, -0.2) is 0 Å². The average Bonchev–Trinajstić information content (AvgIpc) is 2.57. The van der Waals surface area contributed by atoms with Crippen molar-refractivity contribution < 1.29 is 14.6 Å². The minimum atomic E-state index is -0.676. The zero-order valence-electron chi connectivity index (χ0n) is 16.9. The third kappa shape index (κ3) is 6.38. The molecule has 0 saturated heterocycles. The molecule has 0 aliphatic heterocycles. The van der Waals surface area contributed by atoms with Gasteiger partial charge in [-0.15, -0.1) is 0 Å². The van der Waals surface area contributed by atoms with E-state index in [1.165, 1.54) is 5.56 Å². The first-order valence-electron chi connectivity index (χ1n) is 9.19. The van der Waals surface area contributed by atoms with Crippen LogP contribution >= 0.6 is 0 Å². The van der Waals surface area contributed by atoms with E-state index in [0.29, 0.717) is 6.54 Å². The fraction of sp³-hybridized carbons (Fsp3) is 0.409. The van der Waals surface area contributed by atoms with Crippen molar-refractivity contribution >= 4 is 11.6 Å². The van der Waals surface area contributed by atoms with Crippen LogP contribution in [0, 0.1) is 27.7 Å². The molecule has 1 unspecified atom stereocenters. The van der Waals surface area contributed by atoms with E-state index in [-0.39, 0.29) is 19.1 Å². The predicted molar refractivity (Wildman–Crippen MR) is 109 cm³/mol. The fourth-order valence-corrected chi connectivity index (χ4v) is 3.18. The number of aliphatic hydroxyl groups excluding tert-OH is 1. The molecule has 2 rings (SSSR count). The lowest BCUT2D eigenvalue weighted by Crippen LogP contribution is -2.38. The Morgan fingerprint density at radius 1 is 1.11 bits per heavy atom. The zero-order chi connectivity index (χ0) is 20.0. The van der Waals surface area contributed by atoms with Gasteiger partial charge in [0.15, 0.2) is 0 Å². The lowest BCUT2D eigenvalue weighted by atomic mass is 10.1. The van der Waals surface area contributed by atoms with Crippen molar-refractivity contribution in [2.75, 3.05) is 32.1 Å². The van der Waals surface area contributed by atoms with Crippen LogP contribution in [0.2, 0.25) is 0 Å². The number of amides is 1. The number of nitrogens with zero attached hydrogens (tertiary/aromatic N) is 1. The second kappa shape index (κ2) is 9.53. The Hall–Kier alpha value is -2.37. The van der Waals surface area contributed by atoms with Gasteiger partial charge in [-0.05, 0) is 57.5 Å². The molecule has 2 N–H and O–H groups in total. The number of anilines is 1. The Labute approximate surface area is 162 Å². The summed E-state index contributed by atoms with van der Waals surface area (Å²) in [6, 6.07) is 11.8. The minimum Gasteiger partial charge on any atom is -0.491 e. The maximum Gasteiger partial charge on any atom is 0.238 e. The number of aliphatic hydroxyl groups is 1. The molecule has 27 heavy (non-hydrogen) atoms. The largest absolute Gasteiger partial charge is 0.491 e. The normalized spacial score (nSPS) is 12.1. The van der Waals surface area contributed by atoms with Gasteiger partial charge in [-0.2, -0.15) is 0 Å². The highest BCUT2D eigenvalue weighted by Gasteiger charge is 2.14. The van der Waals surface area contributed by atoms with Crippen LogP contribution in [-0.4, -0.2) is 48.8 Å². The van der Waals surface area contributed by atoms with Crippen molar-refractivity contribution in [2.45, 2.75) is 33.8 Å². The lowest BCUT2D eigenvalue weighted by Gasteiger charge is -2.21. The van der Waals surface area contributed by atoms with Crippen LogP contribution in [0.5, 0.6) is 5.75 Å². The van der Waals surface area contributed by atoms with Crippen LogP contribution in [0.4, 0.5) is 5.69 Å². The summed E-state index contributed by atoms with van der Waals surface area (Å²) in [4.78, 5) is 14.1. The third-order valence-electron chi connectivity index (χ3n) is 4.40. The minimum absolute atomic E-state index is 0.0976. The number of nitrogens with one attached hydrogen (secondary N) is 1. The monoisotopic (exact) mass is 370 g/mol. The van der Waals surface area contributed by atoms with Crippen molar-refractivity contribution in [1.29, 1.82) is 0 Å². The fourth-order valence-electron chi connectivity index (χ4n) is 3.18. The molecule has 2 aromatic rings. The summed E-state index contributed by atoms with van der Waals surface area (Å²) in [5.74, 6) is 0.668. The van der Waals surface area contributed by atoms with Gasteiger partial charge in [-0.3, -0.25) is 9.69 Å². The second-order valence-electron chi connectivity index (χ2n) is 7.25. The highest BCUT2D eigenvalue weighted by atomic mass is 16.5. The molecule has 5 heteroatoms. The maximum atomic E-state index is 12.4. The molecule has 0 aliphatic rings. The van der Waals surface area contributed by atoms with Gasteiger partial charge in [0.1, 0.15) is 18.5 Å². The standard InChI is InChI=1S/C22H30N2O3/c1-15-10-17(3)22(18(4)11-15)23-21(26)13-24(5)12-19(25)14-27-20-9-7-6-8-16(20)2/h6-11,19,25H,12-14H2,1-5H3,(H,23,26). The molecule has 1 amide bonds. The van der Waals surface area contributed by atoms with Crippen LogP contribution in [-0.2, 0) is 4.79 Å². The summed E-state index contributed by atoms with van der Waals surface area (Å²) in [7, 11) is 1.81. The van der Waals surface area contributed by atoms with Gasteiger partial charge in [0, 0.05) is 12.2 Å². The SMILES string of the molecule is Cc1cc(C)c(NC(=O)CN(C)CC(O)COc2ccccc2C)c(C)c1. The van der Waals surface area contributed by atoms with E-state index in [1.807, 2.05) is 59.0 Å². The van der Waals surface area contributed by atoms with Gasteiger partial charge in [0.05, 0.1) is 6.54 Å². The van der Waals surface area contributed by atoms with E-state index in [9.17, 15) is 9.90 Å². The number of carbonyl (C=O) groups is 1. The Balaban J connectivity index is 1.81. The van der Waals surface area contributed by atoms with E-state index >= 15 is 0 Å². The Kier molecular flexibility index (Phi) is 7.39. The molecule has 0 heterocycles. The number of likely N-dealkylation sites (N-methyl/N-ethyl adjacent to an activating group) is 1. The molecule has 2 aromatic carbocycles. The van der Waals surface area contributed by atoms with Crippen molar-refractivity contribution in [3.05, 3.63) is 58.7 Å². The average molecular weight is 370 g/mol. The van der Waals surface area contributed by atoms with Gasteiger partial charge < -0.3 is 15.2 Å². The first-order chi connectivity index (χ1) is 12.8. The molecular weight excluding hydrogens is 340 g/mol. The second-order valence-corrected chi connectivity index (χ2v) is 7.25. The molecule has 0 aromatic heterocycles. The van der Waals surface area contributed by atoms with Crippen LogP contribution in [0.3, 0.4) is 0 Å². The summed E-state index contributed by atoms with van der Waals surface area (Å²) < 4.78 is 5.67. The summed E-state index contributed by atoms with van der Waals surface area (Å²) in [6.45, 7) is 8.73. The number of benzene rings is 2. The molecule has 5 nitrogen and oxygen atoms in total. The third-order valence-corrected chi connectivity index (χ3v) is 4.40. The van der Waals surface area contributed by atoms with Gasteiger partial charge in [-0.1, -0.05) is 35.9 Å². The van der Waals surface area contributed by atoms with Crippen molar-refractivity contribution in [3.63, 3.8) is 0 Å². The van der Waals surface area contributed by atoms with Gasteiger partial charge >= 0.3 is 0 Å². The van der Waals surface area contributed by atoms with E-state index < -0.39 is 6.10 Å². The van der Waals surface area contributed by atoms with Crippen LogP contribution < -0.4 is 10.1 Å². The number of para-hydroxylation sites is 1. The van der Waals surface area contributed by atoms with E-state index in [1.54, 1.807) is 4.90 Å². The lowest BCUT2D eigenvalue weighted by molar-refractivity contribution is -0.117. The molecule has 0 radical (unpaired) electrons. The molecular formula is C22H30N2O3. The number of hydrogen-bond donors (Lipinski definition) is 2. The number of carbonyl (C=O) groups excluding carboxylic acids is 1. The number of rotatable bonds is 8. The Bertz CT molecular complexity index is 766. The Morgan fingerprint density at radius 3 is 2.37 bits per heavy atom. The van der Waals surface area contributed by atoms with E-state index in [0.717, 1.165) is 28.1 Å². The van der Waals surface area contributed by atoms with Crippen LogP contribution in [0.1, 0.15) is 22.3 Å². The zero-order valence-corrected chi connectivity index (χ0v) is 16.9. The van der Waals surface area contributed by atoms with Gasteiger partial charge in [0.2, 0.25) is 5.91 Å². The van der Waals surface area contributed by atoms with Crippen molar-refractivity contribution in [2.24, 2.45) is 0 Å². The number of aryl methyl sites for hydroxylation is 4. The highest BCUT2D eigenvalue weighted by Crippen LogP contribution is 2.21. The molecule has 146 valence electrons. The summed E-state index contributed by atoms with van der Waals surface area (Å²) in [6.07, 6.45) is -0.676. The number of ether oxygens (including phenoxy) is 1. The summed E-state index contributed by atoms with van der Waals surface area (Å²) in [5.41, 5.74) is 5.17. The first-order valence-corrected chi connectivity index (χ1v) is 9.19. The Morgan fingerprint density at radius 2 is 1.74 bits per heavy atom. The summed E-state index contributed by atoms with van der Waals surface area (Å²) in [5, 5.41) is 13.2. The van der Waals surface area contributed by atoms with Crippen LogP contribution in [0.15, 0.2) is 36.4 Å². The van der Waals surface area contributed by atoms with Gasteiger partial charge in [0.25, 0.3) is 0 Å². The highest BCUT2D eigenvalue weighted by molar-refractivity contribution is 5.93. The predicted octanol–water partition coefficient (Wildman–Crippen LogP) is 3.23. The quantitative estimate of drug-likeness (QED) is 0.749. The van der Waals surface area contributed by atoms with E-state index in [2.05, 4.69) is 17.4 Å². The summed E-state index contributed by atoms with van der Waals surface area (Å²) >= 11 is 0. The van der Waals surface area contributed by atoms with Crippen molar-refractivity contribution in [3.8, 4) is 5.75 Å². The first kappa shape index (κ1) is 20.9. The smallest absolute Gasteiger partial charge is 0.238 e. The van der Waals surface area contributed by atoms with Crippen molar-refractivity contribution in [1.82, 2.24) is 4.90 Å².